The van der Waals surface area contributed by atoms with Gasteiger partial charge < -0.3 is 4.52 Å². The Kier molecular flexibility index (Phi) is 6.31. The highest BCUT2D eigenvalue weighted by Crippen LogP contribution is 2.20. The van der Waals surface area contributed by atoms with Gasteiger partial charge in [0.1, 0.15) is 11.5 Å². The summed E-state index contributed by atoms with van der Waals surface area (Å²) in [6.07, 6.45) is 3.81. The quantitative estimate of drug-likeness (QED) is 0.739. The molecule has 0 radical (unpaired) electrons. The summed E-state index contributed by atoms with van der Waals surface area (Å²) >= 11 is 3.30. The number of hydrogen-bond acceptors (Lipinski definition) is 4. The number of unbranched alkanes of at least 4 members (excludes halogenated alkanes) is 3. The maximum atomic E-state index is 11.7. The van der Waals surface area contributed by atoms with E-state index in [2.05, 4.69) is 32.7 Å². The van der Waals surface area contributed by atoms with Gasteiger partial charge in [-0.05, 0) is 29.3 Å². The zero-order chi connectivity index (χ0) is 13.6. The Morgan fingerprint density at radius 2 is 2.06 bits per heavy atom. The van der Waals surface area contributed by atoms with Gasteiger partial charge >= 0.3 is 0 Å². The van der Waals surface area contributed by atoms with Gasteiger partial charge in [-0.2, -0.15) is 0 Å². The standard InChI is InChI=1S/C11H19BrN2O3S/c1-3-4-5-6-7-18(15,16)13-8-10-11(12)9(2)17-14-10/h13H,3-8H2,1-2H3. The van der Waals surface area contributed by atoms with E-state index in [-0.39, 0.29) is 12.3 Å². The molecule has 1 heterocycles. The lowest BCUT2D eigenvalue weighted by molar-refractivity contribution is 0.389. The molecule has 5 nitrogen and oxygen atoms in total. The fourth-order valence-electron chi connectivity index (χ4n) is 1.49. The van der Waals surface area contributed by atoms with E-state index in [0.29, 0.717) is 17.9 Å². The molecule has 0 aliphatic carbocycles. The second-order valence-corrected chi connectivity index (χ2v) is 6.92. The maximum Gasteiger partial charge on any atom is 0.211 e. The van der Waals surface area contributed by atoms with Gasteiger partial charge in [-0.3, -0.25) is 0 Å². The van der Waals surface area contributed by atoms with Crippen molar-refractivity contribution in [3.8, 4) is 0 Å². The summed E-state index contributed by atoms with van der Waals surface area (Å²) in [5.74, 6) is 0.814. The summed E-state index contributed by atoms with van der Waals surface area (Å²) in [6, 6.07) is 0. The van der Waals surface area contributed by atoms with Crippen molar-refractivity contribution in [1.29, 1.82) is 0 Å². The number of aromatic nitrogens is 1. The topological polar surface area (TPSA) is 72.2 Å². The lowest BCUT2D eigenvalue weighted by Gasteiger charge is -2.04. The van der Waals surface area contributed by atoms with Crippen LogP contribution in [0.5, 0.6) is 0 Å². The molecule has 1 rings (SSSR count). The minimum absolute atomic E-state index is 0.161. The SMILES string of the molecule is CCCCCCS(=O)(=O)NCc1noc(C)c1Br. The fraction of sp³-hybridized carbons (Fsp3) is 0.727. The first-order chi connectivity index (χ1) is 8.46. The smallest absolute Gasteiger partial charge is 0.211 e. The lowest BCUT2D eigenvalue weighted by Crippen LogP contribution is -2.26. The van der Waals surface area contributed by atoms with Crippen molar-refractivity contribution in [3.63, 3.8) is 0 Å². The van der Waals surface area contributed by atoms with E-state index in [0.717, 1.165) is 23.7 Å². The van der Waals surface area contributed by atoms with Crippen LogP contribution in [0.15, 0.2) is 9.00 Å². The summed E-state index contributed by atoms with van der Waals surface area (Å²) in [6.45, 7) is 4.02. The number of nitrogens with one attached hydrogen (secondary N) is 1. The Labute approximate surface area is 116 Å². The molecule has 0 aromatic carbocycles. The molecular weight excluding hydrogens is 320 g/mol. The normalized spacial score (nSPS) is 11.9. The maximum absolute atomic E-state index is 11.7. The van der Waals surface area contributed by atoms with Gasteiger partial charge in [0, 0.05) is 0 Å². The van der Waals surface area contributed by atoms with E-state index in [1.54, 1.807) is 6.92 Å². The van der Waals surface area contributed by atoms with Crippen LogP contribution in [0.2, 0.25) is 0 Å². The first-order valence-electron chi connectivity index (χ1n) is 6.04. The van der Waals surface area contributed by atoms with Crippen LogP contribution in [0.25, 0.3) is 0 Å². The van der Waals surface area contributed by atoms with E-state index in [1.165, 1.54) is 0 Å². The zero-order valence-corrected chi connectivity index (χ0v) is 13.1. The molecule has 104 valence electrons. The number of aryl methyl sites for hydroxylation is 1. The Balaban J connectivity index is 2.40. The number of nitrogens with zero attached hydrogens (tertiary/aromatic N) is 1. The first kappa shape index (κ1) is 15.7. The first-order valence-corrected chi connectivity index (χ1v) is 8.48. The van der Waals surface area contributed by atoms with Crippen molar-refractivity contribution < 1.29 is 12.9 Å². The van der Waals surface area contributed by atoms with Gasteiger partial charge in [0.2, 0.25) is 10.0 Å². The van der Waals surface area contributed by atoms with Gasteiger partial charge in [-0.15, -0.1) is 0 Å². The number of sulfonamides is 1. The van der Waals surface area contributed by atoms with Crippen LogP contribution < -0.4 is 4.72 Å². The molecule has 0 spiro atoms. The van der Waals surface area contributed by atoms with Gasteiger partial charge in [-0.25, -0.2) is 13.1 Å². The molecule has 18 heavy (non-hydrogen) atoms. The minimum atomic E-state index is -3.22. The number of halogens is 1. The van der Waals surface area contributed by atoms with Crippen LogP contribution in [-0.4, -0.2) is 19.3 Å². The summed E-state index contributed by atoms with van der Waals surface area (Å²) in [4.78, 5) is 0. The largest absolute Gasteiger partial charge is 0.360 e. The van der Waals surface area contributed by atoms with E-state index >= 15 is 0 Å². The van der Waals surface area contributed by atoms with E-state index in [1.807, 2.05) is 0 Å². The molecule has 0 bridgehead atoms. The molecule has 1 aromatic rings. The van der Waals surface area contributed by atoms with Crippen molar-refractivity contribution in [2.24, 2.45) is 0 Å². The molecular formula is C11H19BrN2O3S. The minimum Gasteiger partial charge on any atom is -0.360 e. The lowest BCUT2D eigenvalue weighted by atomic mass is 10.2. The molecule has 0 atom stereocenters. The zero-order valence-electron chi connectivity index (χ0n) is 10.7. The molecule has 0 aliphatic rings. The van der Waals surface area contributed by atoms with E-state index < -0.39 is 10.0 Å². The van der Waals surface area contributed by atoms with Crippen molar-refractivity contribution in [3.05, 3.63) is 15.9 Å². The van der Waals surface area contributed by atoms with Crippen LogP contribution in [0.1, 0.15) is 44.1 Å². The van der Waals surface area contributed by atoms with E-state index in [4.69, 9.17) is 4.52 Å². The van der Waals surface area contributed by atoms with Crippen LogP contribution in [-0.2, 0) is 16.6 Å². The van der Waals surface area contributed by atoms with Crippen LogP contribution in [0, 0.1) is 6.92 Å². The van der Waals surface area contributed by atoms with Crippen molar-refractivity contribution in [2.75, 3.05) is 5.75 Å². The molecule has 1 N–H and O–H groups in total. The molecule has 0 amide bonds. The van der Waals surface area contributed by atoms with Crippen LogP contribution in [0.4, 0.5) is 0 Å². The molecule has 0 aliphatic heterocycles. The van der Waals surface area contributed by atoms with Crippen LogP contribution >= 0.6 is 15.9 Å². The van der Waals surface area contributed by atoms with E-state index in [9.17, 15) is 8.42 Å². The van der Waals surface area contributed by atoms with Gasteiger partial charge in [-0.1, -0.05) is 31.3 Å². The fourth-order valence-corrected chi connectivity index (χ4v) is 2.86. The average Bonchev–Trinajstić information content (AvgIpc) is 2.63. The molecule has 0 unspecified atom stereocenters. The molecule has 1 aromatic heterocycles. The highest BCUT2D eigenvalue weighted by molar-refractivity contribution is 9.10. The van der Waals surface area contributed by atoms with Gasteiger partial charge in [0.15, 0.2) is 0 Å². The predicted octanol–water partition coefficient (Wildman–Crippen LogP) is 2.75. The average molecular weight is 339 g/mol. The molecule has 0 fully saturated rings. The Morgan fingerprint density at radius 3 is 2.61 bits per heavy atom. The highest BCUT2D eigenvalue weighted by atomic mass is 79.9. The van der Waals surface area contributed by atoms with Crippen molar-refractivity contribution in [1.82, 2.24) is 9.88 Å². The summed E-state index contributed by atoms with van der Waals surface area (Å²) in [7, 11) is -3.22. The summed E-state index contributed by atoms with van der Waals surface area (Å²) in [5, 5.41) is 3.78. The van der Waals surface area contributed by atoms with Gasteiger partial charge in [0.25, 0.3) is 0 Å². The number of rotatable bonds is 8. The second kappa shape index (κ2) is 7.25. The summed E-state index contributed by atoms with van der Waals surface area (Å²) < 4.78 is 31.6. The third kappa shape index (κ3) is 5.07. The molecule has 0 saturated carbocycles. The second-order valence-electron chi connectivity index (χ2n) is 4.20. The molecule has 7 heteroatoms. The monoisotopic (exact) mass is 338 g/mol. The van der Waals surface area contributed by atoms with Crippen LogP contribution in [0.3, 0.4) is 0 Å². The highest BCUT2D eigenvalue weighted by Gasteiger charge is 2.14. The Hall–Kier alpha value is -0.400. The van der Waals surface area contributed by atoms with Gasteiger partial charge in [0.05, 0.1) is 16.8 Å². The number of hydrogen-bond donors (Lipinski definition) is 1. The summed E-state index contributed by atoms with van der Waals surface area (Å²) in [5.41, 5.74) is 0.574. The van der Waals surface area contributed by atoms with Crippen molar-refractivity contribution in [2.45, 2.75) is 46.1 Å². The third-order valence-corrected chi connectivity index (χ3v) is 5.01. The third-order valence-electron chi connectivity index (χ3n) is 2.58. The Morgan fingerprint density at radius 1 is 1.33 bits per heavy atom. The predicted molar refractivity (Wildman–Crippen MR) is 73.7 cm³/mol. The molecule has 0 saturated heterocycles. The Bertz CT molecular complexity index is 471. The van der Waals surface area contributed by atoms with Crippen molar-refractivity contribution >= 4 is 26.0 Å².